The summed E-state index contributed by atoms with van der Waals surface area (Å²) in [6.07, 6.45) is 0.467. The highest BCUT2D eigenvalue weighted by Crippen LogP contribution is 2.06. The second-order valence-electron chi connectivity index (χ2n) is 4.10. The summed E-state index contributed by atoms with van der Waals surface area (Å²) in [5.74, 6) is -0.453. The molecule has 0 bridgehead atoms. The van der Waals surface area contributed by atoms with Crippen LogP contribution in [-0.4, -0.2) is 40.8 Å². The highest BCUT2D eigenvalue weighted by Gasteiger charge is 2.27. The fourth-order valence-electron chi connectivity index (χ4n) is 1.79. The summed E-state index contributed by atoms with van der Waals surface area (Å²) in [5, 5.41) is 0. The van der Waals surface area contributed by atoms with Crippen molar-refractivity contribution in [3.63, 3.8) is 0 Å². The smallest absolute Gasteiger partial charge is 0.330 e. The summed E-state index contributed by atoms with van der Waals surface area (Å²) >= 11 is 0. The van der Waals surface area contributed by atoms with Crippen molar-refractivity contribution in [3.8, 4) is 0 Å². The van der Waals surface area contributed by atoms with Gasteiger partial charge in [-0.1, -0.05) is 0 Å². The summed E-state index contributed by atoms with van der Waals surface area (Å²) < 4.78 is 12.5. The fraction of sp³-hybridized carbons (Fsp3) is 0.545. The number of aromatic nitrogens is 2. The number of carbonyl (C=O) groups excluding carboxylic acids is 1. The van der Waals surface area contributed by atoms with Gasteiger partial charge >= 0.3 is 5.69 Å². The van der Waals surface area contributed by atoms with Gasteiger partial charge < -0.3 is 14.0 Å². The van der Waals surface area contributed by atoms with Crippen molar-refractivity contribution in [1.29, 1.82) is 0 Å². The molecule has 7 nitrogen and oxygen atoms in total. The maximum atomic E-state index is 12.1. The van der Waals surface area contributed by atoms with Crippen molar-refractivity contribution in [2.24, 2.45) is 14.1 Å². The van der Waals surface area contributed by atoms with Gasteiger partial charge in [0.25, 0.3) is 5.56 Å². The Balaban J connectivity index is 2.42. The molecule has 2 heterocycles. The molecule has 1 atom stereocenters. The third-order valence-corrected chi connectivity index (χ3v) is 2.82. The van der Waals surface area contributed by atoms with Crippen molar-refractivity contribution >= 4 is 5.78 Å². The molecule has 2 rings (SSSR count). The van der Waals surface area contributed by atoms with E-state index in [2.05, 4.69) is 0 Å². The van der Waals surface area contributed by atoms with E-state index in [1.165, 1.54) is 24.9 Å². The van der Waals surface area contributed by atoms with Gasteiger partial charge in [0.15, 0.2) is 0 Å². The second-order valence-corrected chi connectivity index (χ2v) is 4.10. The minimum Gasteiger partial charge on any atom is -0.376 e. The molecule has 0 radical (unpaired) electrons. The summed E-state index contributed by atoms with van der Waals surface area (Å²) in [6.45, 7) is 0.891. The molecule has 18 heavy (non-hydrogen) atoms. The first-order valence-electron chi connectivity index (χ1n) is 5.52. The van der Waals surface area contributed by atoms with Crippen molar-refractivity contribution in [2.45, 2.75) is 6.10 Å². The Hall–Kier alpha value is -1.73. The van der Waals surface area contributed by atoms with Crippen LogP contribution in [0.25, 0.3) is 0 Å². The van der Waals surface area contributed by atoms with E-state index in [9.17, 15) is 14.4 Å². The van der Waals surface area contributed by atoms with Gasteiger partial charge in [-0.15, -0.1) is 0 Å². The van der Waals surface area contributed by atoms with E-state index >= 15 is 0 Å². The number of aryl methyl sites for hydroxylation is 1. The third-order valence-electron chi connectivity index (χ3n) is 2.82. The van der Waals surface area contributed by atoms with Crippen LogP contribution in [0.15, 0.2) is 15.8 Å². The van der Waals surface area contributed by atoms with Crippen LogP contribution in [0, 0.1) is 0 Å². The first-order chi connectivity index (χ1) is 8.52. The normalized spacial score (nSPS) is 19.8. The Bertz CT molecular complexity index is 580. The minimum atomic E-state index is -0.774. The largest absolute Gasteiger partial charge is 0.376 e. The molecule has 1 aromatic heterocycles. The number of ether oxygens (including phenoxy) is 2. The van der Waals surface area contributed by atoms with Crippen LogP contribution >= 0.6 is 0 Å². The number of rotatable bonds is 2. The Labute approximate surface area is 103 Å². The SMILES string of the molecule is Cn1cc(C(=O)C2COCCO2)c(=O)n(C)c1=O. The van der Waals surface area contributed by atoms with Gasteiger partial charge in [-0.05, 0) is 0 Å². The molecule has 1 aromatic rings. The van der Waals surface area contributed by atoms with Crippen molar-refractivity contribution in [2.75, 3.05) is 19.8 Å². The number of nitrogens with zero attached hydrogens (tertiary/aromatic N) is 2. The molecule has 0 N–H and O–H groups in total. The lowest BCUT2D eigenvalue weighted by atomic mass is 10.1. The molecule has 0 aromatic carbocycles. The second kappa shape index (κ2) is 4.87. The number of Topliss-reactive ketones (excluding diaryl/α,β-unsaturated/α-hetero) is 1. The van der Waals surface area contributed by atoms with E-state index in [0.717, 1.165) is 4.57 Å². The van der Waals surface area contributed by atoms with Crippen molar-refractivity contribution < 1.29 is 14.3 Å². The van der Waals surface area contributed by atoms with Crippen molar-refractivity contribution in [3.05, 3.63) is 32.6 Å². The number of hydrogen-bond donors (Lipinski definition) is 0. The quantitative estimate of drug-likeness (QED) is 0.612. The summed E-state index contributed by atoms with van der Waals surface area (Å²) in [4.78, 5) is 35.5. The topological polar surface area (TPSA) is 79.5 Å². The molecule has 0 amide bonds. The van der Waals surface area contributed by atoms with Gasteiger partial charge in [-0.3, -0.25) is 14.2 Å². The average Bonchev–Trinajstić information content (AvgIpc) is 2.41. The molecule has 1 unspecified atom stereocenters. The van der Waals surface area contributed by atoms with Crippen LogP contribution < -0.4 is 11.2 Å². The fourth-order valence-corrected chi connectivity index (χ4v) is 1.79. The maximum Gasteiger partial charge on any atom is 0.330 e. The van der Waals surface area contributed by atoms with Crippen LogP contribution in [-0.2, 0) is 23.6 Å². The Morgan fingerprint density at radius 2 is 2.06 bits per heavy atom. The van der Waals surface area contributed by atoms with Gasteiger partial charge in [-0.2, -0.15) is 0 Å². The zero-order valence-corrected chi connectivity index (χ0v) is 10.2. The molecular weight excluding hydrogens is 240 g/mol. The first kappa shape index (κ1) is 12.7. The molecule has 7 heteroatoms. The zero-order valence-electron chi connectivity index (χ0n) is 10.2. The number of ketones is 1. The summed E-state index contributed by atoms with van der Waals surface area (Å²) in [6, 6.07) is 0. The molecule has 1 aliphatic rings. The zero-order chi connectivity index (χ0) is 13.3. The van der Waals surface area contributed by atoms with Crippen LogP contribution in [0.1, 0.15) is 10.4 Å². The van der Waals surface area contributed by atoms with Gasteiger partial charge in [0.2, 0.25) is 5.78 Å². The van der Waals surface area contributed by atoms with Gasteiger partial charge in [0.05, 0.1) is 19.8 Å². The molecule has 1 fully saturated rings. The molecule has 98 valence electrons. The number of hydrogen-bond acceptors (Lipinski definition) is 5. The lowest BCUT2D eigenvalue weighted by Crippen LogP contribution is -2.43. The van der Waals surface area contributed by atoms with Crippen LogP contribution in [0.4, 0.5) is 0 Å². The lowest BCUT2D eigenvalue weighted by molar-refractivity contribution is -0.0719. The highest BCUT2D eigenvalue weighted by molar-refractivity contribution is 5.99. The minimum absolute atomic E-state index is 0.0601. The molecule has 0 aliphatic carbocycles. The number of carbonyl (C=O) groups is 1. The van der Waals surface area contributed by atoms with E-state index in [4.69, 9.17) is 9.47 Å². The van der Waals surface area contributed by atoms with E-state index in [-0.39, 0.29) is 12.2 Å². The molecule has 1 aliphatic heterocycles. The van der Waals surface area contributed by atoms with Crippen molar-refractivity contribution in [1.82, 2.24) is 9.13 Å². The van der Waals surface area contributed by atoms with Gasteiger partial charge in [-0.25, -0.2) is 4.79 Å². The van der Waals surface area contributed by atoms with Gasteiger partial charge in [0, 0.05) is 20.3 Å². The maximum absolute atomic E-state index is 12.1. The first-order valence-corrected chi connectivity index (χ1v) is 5.52. The summed E-state index contributed by atoms with van der Waals surface area (Å²) in [5.41, 5.74) is -1.15. The van der Waals surface area contributed by atoms with Crippen LogP contribution in [0.2, 0.25) is 0 Å². The van der Waals surface area contributed by atoms with E-state index < -0.39 is 23.1 Å². The van der Waals surface area contributed by atoms with E-state index in [0.29, 0.717) is 13.2 Å². The Morgan fingerprint density at radius 3 is 2.67 bits per heavy atom. The van der Waals surface area contributed by atoms with Crippen LogP contribution in [0.5, 0.6) is 0 Å². The van der Waals surface area contributed by atoms with Crippen LogP contribution in [0.3, 0.4) is 0 Å². The lowest BCUT2D eigenvalue weighted by Gasteiger charge is -2.21. The molecule has 0 spiro atoms. The molecule has 1 saturated heterocycles. The Kier molecular flexibility index (Phi) is 3.44. The van der Waals surface area contributed by atoms with Gasteiger partial charge in [0.1, 0.15) is 11.7 Å². The summed E-state index contributed by atoms with van der Waals surface area (Å²) in [7, 11) is 2.82. The predicted molar refractivity (Wildman–Crippen MR) is 61.8 cm³/mol. The monoisotopic (exact) mass is 254 g/mol. The third kappa shape index (κ3) is 2.14. The Morgan fingerprint density at radius 1 is 1.33 bits per heavy atom. The predicted octanol–water partition coefficient (Wildman–Crippen LogP) is -1.32. The van der Waals surface area contributed by atoms with E-state index in [1.807, 2.05) is 0 Å². The van der Waals surface area contributed by atoms with E-state index in [1.54, 1.807) is 0 Å². The molecular formula is C11H14N2O5. The average molecular weight is 254 g/mol. The standard InChI is InChI=1S/C11H14N2O5/c1-12-5-7(10(15)13(2)11(12)16)9(14)8-6-17-3-4-18-8/h5,8H,3-4,6H2,1-2H3. The molecule has 0 saturated carbocycles. The highest BCUT2D eigenvalue weighted by atomic mass is 16.6.